The summed E-state index contributed by atoms with van der Waals surface area (Å²) in [4.78, 5) is 22.3. The Morgan fingerprint density at radius 2 is 2.29 bits per heavy atom. The number of aromatic nitrogens is 2. The highest BCUT2D eigenvalue weighted by molar-refractivity contribution is 5.85. The van der Waals surface area contributed by atoms with Gasteiger partial charge in [0.2, 0.25) is 5.82 Å². The lowest BCUT2D eigenvalue weighted by Crippen LogP contribution is -2.50. The zero-order valence-corrected chi connectivity index (χ0v) is 12.4. The molecule has 2 fully saturated rings. The quantitative estimate of drug-likeness (QED) is 0.848. The molecule has 0 saturated carbocycles. The van der Waals surface area contributed by atoms with Gasteiger partial charge in [0, 0.05) is 24.8 Å². The molecule has 0 aromatic carbocycles. The summed E-state index contributed by atoms with van der Waals surface area (Å²) in [6.07, 6.45) is 7.70. The third-order valence-corrected chi connectivity index (χ3v) is 4.42. The van der Waals surface area contributed by atoms with E-state index in [0.29, 0.717) is 12.1 Å². The molecular weight excluding hydrogens is 268 g/mol. The number of nitrogens with one attached hydrogen (secondary N) is 1. The normalized spacial score (nSPS) is 25.9. The first-order chi connectivity index (χ1) is 10.3. The first-order valence-corrected chi connectivity index (χ1v) is 7.71. The standard InChI is InChI=1S/C15H22N4O2/c1-21-15(20)14-17-9-7-13(18-14)19-10-3-2-6-12(19)11-5-4-8-16-11/h7,9,11-12,16H,2-6,8,10H2,1H3. The Balaban J connectivity index is 1.84. The molecule has 1 aromatic heterocycles. The maximum absolute atomic E-state index is 11.6. The molecular formula is C15H22N4O2. The lowest BCUT2D eigenvalue weighted by molar-refractivity contribution is 0.0586. The summed E-state index contributed by atoms with van der Waals surface area (Å²) in [7, 11) is 1.35. The average Bonchev–Trinajstić information content (AvgIpc) is 3.08. The SMILES string of the molecule is COC(=O)c1nccc(N2CCCCC2C2CCCN2)n1. The molecule has 6 nitrogen and oxygen atoms in total. The minimum absolute atomic E-state index is 0.138. The minimum Gasteiger partial charge on any atom is -0.463 e. The molecule has 2 atom stereocenters. The Kier molecular flexibility index (Phi) is 4.34. The van der Waals surface area contributed by atoms with Crippen LogP contribution in [0.4, 0.5) is 5.82 Å². The van der Waals surface area contributed by atoms with E-state index in [9.17, 15) is 4.79 Å². The molecule has 0 radical (unpaired) electrons. The van der Waals surface area contributed by atoms with Crippen molar-refractivity contribution in [3.05, 3.63) is 18.1 Å². The number of esters is 1. The monoisotopic (exact) mass is 290 g/mol. The van der Waals surface area contributed by atoms with Crippen molar-refractivity contribution in [2.45, 2.75) is 44.2 Å². The van der Waals surface area contributed by atoms with Crippen LogP contribution in [0.25, 0.3) is 0 Å². The van der Waals surface area contributed by atoms with Gasteiger partial charge in [0.15, 0.2) is 0 Å². The van der Waals surface area contributed by atoms with Crippen LogP contribution in [-0.2, 0) is 4.74 Å². The van der Waals surface area contributed by atoms with Gasteiger partial charge in [0.05, 0.1) is 7.11 Å². The number of methoxy groups -OCH3 is 1. The highest BCUT2D eigenvalue weighted by Crippen LogP contribution is 2.28. The smallest absolute Gasteiger partial charge is 0.376 e. The van der Waals surface area contributed by atoms with Crippen LogP contribution in [-0.4, -0.2) is 48.2 Å². The molecule has 114 valence electrons. The molecule has 3 rings (SSSR count). The van der Waals surface area contributed by atoms with Crippen LogP contribution < -0.4 is 10.2 Å². The largest absolute Gasteiger partial charge is 0.463 e. The van der Waals surface area contributed by atoms with Gasteiger partial charge in [-0.1, -0.05) is 0 Å². The predicted octanol–water partition coefficient (Wildman–Crippen LogP) is 1.37. The summed E-state index contributed by atoms with van der Waals surface area (Å²) in [5.74, 6) is 0.493. The molecule has 2 saturated heterocycles. The number of rotatable bonds is 3. The van der Waals surface area contributed by atoms with Crippen LogP contribution in [0.2, 0.25) is 0 Å². The second-order valence-electron chi connectivity index (χ2n) is 5.69. The molecule has 0 spiro atoms. The highest BCUT2D eigenvalue weighted by atomic mass is 16.5. The Bertz CT molecular complexity index is 502. The average molecular weight is 290 g/mol. The van der Waals surface area contributed by atoms with Crippen LogP contribution in [0, 0.1) is 0 Å². The first kappa shape index (κ1) is 14.3. The molecule has 1 N–H and O–H groups in total. The molecule has 0 amide bonds. The molecule has 3 heterocycles. The van der Waals surface area contributed by atoms with E-state index in [-0.39, 0.29) is 5.82 Å². The van der Waals surface area contributed by atoms with E-state index in [1.54, 1.807) is 6.20 Å². The van der Waals surface area contributed by atoms with Gasteiger partial charge in [-0.3, -0.25) is 0 Å². The van der Waals surface area contributed by atoms with E-state index in [1.165, 1.54) is 39.2 Å². The summed E-state index contributed by atoms with van der Waals surface area (Å²) in [6.45, 7) is 2.09. The Morgan fingerprint density at radius 1 is 1.38 bits per heavy atom. The van der Waals surface area contributed by atoms with Crippen molar-refractivity contribution < 1.29 is 9.53 Å². The van der Waals surface area contributed by atoms with Gasteiger partial charge in [0.1, 0.15) is 5.82 Å². The minimum atomic E-state index is -0.482. The number of hydrogen-bond donors (Lipinski definition) is 1. The van der Waals surface area contributed by atoms with E-state index < -0.39 is 5.97 Å². The van der Waals surface area contributed by atoms with E-state index in [2.05, 4.69) is 20.2 Å². The number of hydrogen-bond acceptors (Lipinski definition) is 6. The van der Waals surface area contributed by atoms with E-state index in [0.717, 1.165) is 18.9 Å². The molecule has 6 heteroatoms. The number of ether oxygens (including phenoxy) is 1. The van der Waals surface area contributed by atoms with Gasteiger partial charge >= 0.3 is 5.97 Å². The number of nitrogens with zero attached hydrogens (tertiary/aromatic N) is 3. The lowest BCUT2D eigenvalue weighted by atomic mass is 9.94. The van der Waals surface area contributed by atoms with Crippen molar-refractivity contribution in [2.24, 2.45) is 0 Å². The van der Waals surface area contributed by atoms with Crippen LogP contribution in [0.3, 0.4) is 0 Å². The zero-order chi connectivity index (χ0) is 14.7. The fraction of sp³-hybridized carbons (Fsp3) is 0.667. The molecule has 2 aliphatic rings. The number of anilines is 1. The number of piperidine rings is 1. The summed E-state index contributed by atoms with van der Waals surface area (Å²) < 4.78 is 4.71. The van der Waals surface area contributed by atoms with Gasteiger partial charge in [-0.15, -0.1) is 0 Å². The maximum Gasteiger partial charge on any atom is 0.376 e. The van der Waals surface area contributed by atoms with Crippen molar-refractivity contribution in [2.75, 3.05) is 25.1 Å². The van der Waals surface area contributed by atoms with Crippen LogP contribution in [0.15, 0.2) is 12.3 Å². The van der Waals surface area contributed by atoms with Gasteiger partial charge in [-0.05, 0) is 44.7 Å². The molecule has 2 aliphatic heterocycles. The summed E-state index contributed by atoms with van der Waals surface area (Å²) in [5, 5.41) is 3.60. The van der Waals surface area contributed by atoms with Crippen LogP contribution in [0.1, 0.15) is 42.7 Å². The van der Waals surface area contributed by atoms with Crippen molar-refractivity contribution in [3.63, 3.8) is 0 Å². The second-order valence-corrected chi connectivity index (χ2v) is 5.69. The van der Waals surface area contributed by atoms with Crippen molar-refractivity contribution in [1.82, 2.24) is 15.3 Å². The third kappa shape index (κ3) is 3.00. The predicted molar refractivity (Wildman–Crippen MR) is 79.4 cm³/mol. The fourth-order valence-corrected chi connectivity index (χ4v) is 3.40. The molecule has 1 aromatic rings. The molecule has 2 unspecified atom stereocenters. The number of carbonyl (C=O) groups excluding carboxylic acids is 1. The van der Waals surface area contributed by atoms with Crippen molar-refractivity contribution in [1.29, 1.82) is 0 Å². The van der Waals surface area contributed by atoms with E-state index >= 15 is 0 Å². The summed E-state index contributed by atoms with van der Waals surface area (Å²) in [5.41, 5.74) is 0. The van der Waals surface area contributed by atoms with Crippen LogP contribution >= 0.6 is 0 Å². The topological polar surface area (TPSA) is 67.3 Å². The molecule has 0 bridgehead atoms. The van der Waals surface area contributed by atoms with Crippen molar-refractivity contribution >= 4 is 11.8 Å². The van der Waals surface area contributed by atoms with Crippen molar-refractivity contribution in [3.8, 4) is 0 Å². The fourth-order valence-electron chi connectivity index (χ4n) is 3.40. The van der Waals surface area contributed by atoms with Gasteiger partial charge < -0.3 is 15.0 Å². The van der Waals surface area contributed by atoms with Gasteiger partial charge in [-0.2, -0.15) is 0 Å². The van der Waals surface area contributed by atoms with Gasteiger partial charge in [-0.25, -0.2) is 14.8 Å². The van der Waals surface area contributed by atoms with E-state index in [4.69, 9.17) is 4.74 Å². The maximum atomic E-state index is 11.6. The zero-order valence-electron chi connectivity index (χ0n) is 12.4. The van der Waals surface area contributed by atoms with E-state index in [1.807, 2.05) is 6.07 Å². The molecule has 0 aliphatic carbocycles. The molecule has 21 heavy (non-hydrogen) atoms. The van der Waals surface area contributed by atoms with Gasteiger partial charge in [0.25, 0.3) is 0 Å². The third-order valence-electron chi connectivity index (χ3n) is 4.42. The summed E-state index contributed by atoms with van der Waals surface area (Å²) >= 11 is 0. The Labute approximate surface area is 124 Å². The summed E-state index contributed by atoms with van der Waals surface area (Å²) in [6, 6.07) is 2.88. The Hall–Kier alpha value is -1.69. The first-order valence-electron chi connectivity index (χ1n) is 7.71. The second kappa shape index (κ2) is 6.39. The number of carbonyl (C=O) groups is 1. The lowest BCUT2D eigenvalue weighted by Gasteiger charge is -2.40. The Morgan fingerprint density at radius 3 is 3.05 bits per heavy atom. The highest BCUT2D eigenvalue weighted by Gasteiger charge is 2.32. The van der Waals surface area contributed by atoms with Crippen LogP contribution in [0.5, 0.6) is 0 Å².